The van der Waals surface area contributed by atoms with E-state index in [2.05, 4.69) is 106 Å². The predicted molar refractivity (Wildman–Crippen MR) is 159 cm³/mol. The van der Waals surface area contributed by atoms with Gasteiger partial charge in [0.05, 0.1) is 6.04 Å². The van der Waals surface area contributed by atoms with Crippen LogP contribution in [0.1, 0.15) is 94.7 Å². The summed E-state index contributed by atoms with van der Waals surface area (Å²) < 4.78 is 0. The van der Waals surface area contributed by atoms with Crippen LogP contribution < -0.4 is 16.0 Å². The first kappa shape index (κ1) is 27.9. The van der Waals surface area contributed by atoms with E-state index in [-0.39, 0.29) is 40.9 Å². The Labute approximate surface area is 229 Å². The van der Waals surface area contributed by atoms with Crippen molar-refractivity contribution in [3.05, 3.63) is 107 Å². The minimum absolute atomic E-state index is 0.0447. The highest BCUT2D eigenvalue weighted by molar-refractivity contribution is 5.74. The summed E-state index contributed by atoms with van der Waals surface area (Å²) in [5.41, 5.74) is 6.63. The van der Waals surface area contributed by atoms with E-state index >= 15 is 0 Å². The number of carbonyl (C=O) groups excluding carboxylic acids is 1. The van der Waals surface area contributed by atoms with Gasteiger partial charge < -0.3 is 16.0 Å². The Morgan fingerprint density at radius 3 is 1.74 bits per heavy atom. The fourth-order valence-corrected chi connectivity index (χ4v) is 5.42. The maximum atomic E-state index is 12.8. The Hall–Kier alpha value is -3.11. The average molecular weight is 512 g/mol. The van der Waals surface area contributed by atoms with Crippen LogP contribution in [-0.2, 0) is 10.8 Å². The minimum Gasteiger partial charge on any atom is -0.334 e. The molecule has 2 unspecified atom stereocenters. The smallest absolute Gasteiger partial charge is 0.315 e. The molecule has 3 atom stereocenters. The van der Waals surface area contributed by atoms with Gasteiger partial charge >= 0.3 is 6.03 Å². The van der Waals surface area contributed by atoms with Gasteiger partial charge in [-0.05, 0) is 52.0 Å². The highest BCUT2D eigenvalue weighted by Gasteiger charge is 2.33. The Morgan fingerprint density at radius 2 is 1.26 bits per heavy atom. The lowest BCUT2D eigenvalue weighted by atomic mass is 9.80. The van der Waals surface area contributed by atoms with Crippen molar-refractivity contribution >= 4 is 6.03 Å². The van der Waals surface area contributed by atoms with Crippen LogP contribution in [0, 0.1) is 0 Å². The molecule has 1 saturated heterocycles. The number of amides is 2. The van der Waals surface area contributed by atoms with Gasteiger partial charge in [-0.25, -0.2) is 4.79 Å². The molecule has 1 aliphatic heterocycles. The molecule has 4 nitrogen and oxygen atoms in total. The summed E-state index contributed by atoms with van der Waals surface area (Å²) in [6, 6.07) is 28.5. The number of nitrogens with one attached hydrogen (secondary N) is 3. The molecule has 4 rings (SSSR count). The molecule has 0 spiro atoms. The van der Waals surface area contributed by atoms with Crippen molar-refractivity contribution in [1.29, 1.82) is 0 Å². The summed E-state index contributed by atoms with van der Waals surface area (Å²) in [6.45, 7) is 16.3. The van der Waals surface area contributed by atoms with Gasteiger partial charge in [0.2, 0.25) is 0 Å². The molecule has 3 aromatic carbocycles. The zero-order chi connectivity index (χ0) is 27.5. The van der Waals surface area contributed by atoms with Crippen molar-refractivity contribution in [2.24, 2.45) is 0 Å². The van der Waals surface area contributed by atoms with Crippen LogP contribution in [0.4, 0.5) is 4.79 Å². The van der Waals surface area contributed by atoms with Crippen LogP contribution in [0.3, 0.4) is 0 Å². The van der Waals surface area contributed by atoms with Gasteiger partial charge in [0, 0.05) is 24.5 Å². The fraction of sp³-hybridized carbons (Fsp3) is 0.441. The van der Waals surface area contributed by atoms with E-state index < -0.39 is 0 Å². The fourth-order valence-electron chi connectivity index (χ4n) is 5.42. The van der Waals surface area contributed by atoms with Crippen molar-refractivity contribution in [3.63, 3.8) is 0 Å². The summed E-state index contributed by atoms with van der Waals surface area (Å²) in [6.07, 6.45) is 0.875. The van der Waals surface area contributed by atoms with Crippen molar-refractivity contribution in [1.82, 2.24) is 16.0 Å². The third kappa shape index (κ3) is 6.85. The second-order valence-electron chi connectivity index (χ2n) is 12.9. The third-order valence-corrected chi connectivity index (χ3v) is 7.82. The largest absolute Gasteiger partial charge is 0.334 e. The Kier molecular flexibility index (Phi) is 8.32. The van der Waals surface area contributed by atoms with Gasteiger partial charge in [-0.1, -0.05) is 120 Å². The molecular formula is C34H45N3O. The first-order chi connectivity index (χ1) is 17.9. The number of hydrogen-bond acceptors (Lipinski definition) is 2. The number of benzene rings is 3. The molecule has 0 bridgehead atoms. The van der Waals surface area contributed by atoms with Crippen LogP contribution >= 0.6 is 0 Å². The lowest BCUT2D eigenvalue weighted by Crippen LogP contribution is -2.43. The predicted octanol–water partition coefficient (Wildman–Crippen LogP) is 7.20. The standard InChI is InChI=1S/C34H45N3O/c1-23(24-11-9-8-10-12-24)36-32(38)37-29-21-30(35-22-29)31(25-13-17-27(18-14-25)33(2,3)4)26-15-19-28(20-16-26)34(5,6)7/h8-20,23,29-31,35H,21-22H2,1-7H3,(H2,36,37,38)/t23-,29?,30?/m1/s1. The van der Waals surface area contributed by atoms with Crippen molar-refractivity contribution in [3.8, 4) is 0 Å². The van der Waals surface area contributed by atoms with Gasteiger partial charge in [-0.2, -0.15) is 0 Å². The summed E-state index contributed by atoms with van der Waals surface area (Å²) in [4.78, 5) is 12.8. The molecule has 3 N–H and O–H groups in total. The molecule has 0 aromatic heterocycles. The third-order valence-electron chi connectivity index (χ3n) is 7.82. The zero-order valence-electron chi connectivity index (χ0n) is 24.1. The summed E-state index contributed by atoms with van der Waals surface area (Å²) >= 11 is 0. The maximum absolute atomic E-state index is 12.8. The second-order valence-corrected chi connectivity index (χ2v) is 12.9. The monoisotopic (exact) mass is 511 g/mol. The molecule has 2 amide bonds. The van der Waals surface area contributed by atoms with Gasteiger partial charge in [0.1, 0.15) is 0 Å². The number of urea groups is 1. The van der Waals surface area contributed by atoms with E-state index in [4.69, 9.17) is 0 Å². The number of hydrogen-bond donors (Lipinski definition) is 3. The Balaban J connectivity index is 1.51. The van der Waals surface area contributed by atoms with Gasteiger partial charge in [0.15, 0.2) is 0 Å². The van der Waals surface area contributed by atoms with Crippen LogP contribution in [0.25, 0.3) is 0 Å². The molecule has 0 radical (unpaired) electrons. The van der Waals surface area contributed by atoms with Crippen LogP contribution in [0.5, 0.6) is 0 Å². The van der Waals surface area contributed by atoms with Crippen LogP contribution in [0.15, 0.2) is 78.9 Å². The van der Waals surface area contributed by atoms with E-state index in [9.17, 15) is 4.79 Å². The van der Waals surface area contributed by atoms with Gasteiger partial charge in [-0.3, -0.25) is 0 Å². The molecule has 3 aromatic rings. The minimum atomic E-state index is -0.116. The van der Waals surface area contributed by atoms with Gasteiger partial charge in [0.25, 0.3) is 0 Å². The van der Waals surface area contributed by atoms with Gasteiger partial charge in [-0.15, -0.1) is 0 Å². The zero-order valence-corrected chi connectivity index (χ0v) is 24.1. The summed E-state index contributed by atoms with van der Waals surface area (Å²) in [5, 5.41) is 10.0. The van der Waals surface area contributed by atoms with Crippen molar-refractivity contribution in [2.45, 2.75) is 89.8 Å². The summed E-state index contributed by atoms with van der Waals surface area (Å²) in [5.74, 6) is 0.205. The number of rotatable bonds is 6. The summed E-state index contributed by atoms with van der Waals surface area (Å²) in [7, 11) is 0. The molecule has 0 aliphatic carbocycles. The lowest BCUT2D eigenvalue weighted by molar-refractivity contribution is 0.234. The molecule has 38 heavy (non-hydrogen) atoms. The van der Waals surface area contributed by atoms with E-state index in [1.54, 1.807) is 0 Å². The molecule has 1 aliphatic rings. The lowest BCUT2D eigenvalue weighted by Gasteiger charge is -2.28. The van der Waals surface area contributed by atoms with E-state index in [1.807, 2.05) is 37.3 Å². The highest BCUT2D eigenvalue weighted by atomic mass is 16.2. The van der Waals surface area contributed by atoms with E-state index in [1.165, 1.54) is 22.3 Å². The van der Waals surface area contributed by atoms with E-state index in [0.717, 1.165) is 18.5 Å². The number of carbonyl (C=O) groups is 1. The first-order valence-electron chi connectivity index (χ1n) is 14.0. The molecule has 1 heterocycles. The molecule has 0 saturated carbocycles. The van der Waals surface area contributed by atoms with Crippen molar-refractivity contribution < 1.29 is 4.79 Å². The van der Waals surface area contributed by atoms with Crippen LogP contribution in [0.2, 0.25) is 0 Å². The SMILES string of the molecule is C[C@@H](NC(=O)NC1CNC(C(c2ccc(C(C)(C)C)cc2)c2ccc(C(C)(C)C)cc2)C1)c1ccccc1. The Morgan fingerprint density at radius 1 is 0.763 bits per heavy atom. The topological polar surface area (TPSA) is 53.2 Å². The van der Waals surface area contributed by atoms with Crippen LogP contribution in [-0.4, -0.2) is 24.7 Å². The quantitative estimate of drug-likeness (QED) is 0.328. The normalized spacial score (nSPS) is 18.8. The Bertz CT molecular complexity index is 1130. The molecule has 4 heteroatoms. The maximum Gasteiger partial charge on any atom is 0.315 e. The van der Waals surface area contributed by atoms with Crippen molar-refractivity contribution in [2.75, 3.05) is 6.54 Å². The molecule has 1 fully saturated rings. The average Bonchev–Trinajstić information content (AvgIpc) is 3.32. The molecular weight excluding hydrogens is 466 g/mol. The first-order valence-corrected chi connectivity index (χ1v) is 14.0. The van der Waals surface area contributed by atoms with E-state index in [0.29, 0.717) is 0 Å². The molecule has 202 valence electrons. The highest BCUT2D eigenvalue weighted by Crippen LogP contribution is 2.35. The second kappa shape index (κ2) is 11.3.